The van der Waals surface area contributed by atoms with Crippen molar-refractivity contribution in [1.29, 1.82) is 0 Å². The van der Waals surface area contributed by atoms with Gasteiger partial charge in [-0.3, -0.25) is 0 Å². The second kappa shape index (κ2) is 5.67. The summed E-state index contributed by atoms with van der Waals surface area (Å²) in [7, 11) is 0. The number of ether oxygens (including phenoxy) is 1. The summed E-state index contributed by atoms with van der Waals surface area (Å²) in [6.07, 6.45) is 2.25. The molecule has 0 aromatic carbocycles. The molecule has 3 nitrogen and oxygen atoms in total. The van der Waals surface area contributed by atoms with Crippen LogP contribution >= 0.6 is 0 Å². The minimum absolute atomic E-state index is 0.00847. The van der Waals surface area contributed by atoms with Gasteiger partial charge in [0.25, 0.3) is 0 Å². The molecule has 0 bridgehead atoms. The lowest BCUT2D eigenvalue weighted by atomic mass is 9.75. The number of carbonyl (C=O) groups excluding carboxylic acids is 1. The average Bonchev–Trinajstić information content (AvgIpc) is 2.16. The summed E-state index contributed by atoms with van der Waals surface area (Å²) < 4.78 is 5.41. The molecule has 4 atom stereocenters. The van der Waals surface area contributed by atoms with Crippen molar-refractivity contribution < 1.29 is 14.6 Å². The molecule has 1 N–H and O–H groups in total. The van der Waals surface area contributed by atoms with E-state index in [1.165, 1.54) is 13.3 Å². The van der Waals surface area contributed by atoms with Crippen LogP contribution in [0.15, 0.2) is 0 Å². The van der Waals surface area contributed by atoms with Crippen molar-refractivity contribution in [3.05, 3.63) is 0 Å². The summed E-state index contributed by atoms with van der Waals surface area (Å²) in [5.74, 6) is 1.10. The summed E-state index contributed by atoms with van der Waals surface area (Å²) in [5, 5.41) is 9.17. The summed E-state index contributed by atoms with van der Waals surface area (Å²) in [6, 6.07) is 0. The van der Waals surface area contributed by atoms with Crippen LogP contribution in [-0.4, -0.2) is 23.3 Å². The van der Waals surface area contributed by atoms with E-state index in [1.807, 2.05) is 0 Å². The van der Waals surface area contributed by atoms with Gasteiger partial charge < -0.3 is 9.84 Å². The Morgan fingerprint density at radius 1 is 1.31 bits per heavy atom. The Hall–Kier alpha value is -0.570. The highest BCUT2D eigenvalue weighted by molar-refractivity contribution is 5.74. The number of rotatable bonds is 3. The van der Waals surface area contributed by atoms with Gasteiger partial charge in [0.05, 0.1) is 0 Å². The SMILES string of the molecule is CC(C)C1CC[C@H](C)C[C@@H]1OC(=O)[C@@H](C)O. The zero-order valence-electron chi connectivity index (χ0n) is 10.8. The van der Waals surface area contributed by atoms with Crippen LogP contribution < -0.4 is 0 Å². The van der Waals surface area contributed by atoms with Gasteiger partial charge in [0.15, 0.2) is 0 Å². The lowest BCUT2D eigenvalue weighted by molar-refractivity contribution is -0.164. The molecule has 0 aliphatic heterocycles. The van der Waals surface area contributed by atoms with E-state index >= 15 is 0 Å². The predicted molar refractivity (Wildman–Crippen MR) is 62.9 cm³/mol. The second-order valence-electron chi connectivity index (χ2n) is 5.48. The maximum absolute atomic E-state index is 11.4. The number of carbonyl (C=O) groups is 1. The fourth-order valence-corrected chi connectivity index (χ4v) is 2.50. The van der Waals surface area contributed by atoms with Crippen LogP contribution in [-0.2, 0) is 9.53 Å². The normalized spacial score (nSPS) is 32.5. The molecule has 0 heterocycles. The third kappa shape index (κ3) is 3.48. The molecule has 0 amide bonds. The van der Waals surface area contributed by atoms with Gasteiger partial charge in [0, 0.05) is 0 Å². The zero-order valence-corrected chi connectivity index (χ0v) is 10.8. The average molecular weight is 228 g/mol. The van der Waals surface area contributed by atoms with Crippen LogP contribution in [0.3, 0.4) is 0 Å². The monoisotopic (exact) mass is 228 g/mol. The van der Waals surface area contributed by atoms with Gasteiger partial charge in [0.2, 0.25) is 0 Å². The molecule has 1 rings (SSSR count). The highest BCUT2D eigenvalue weighted by atomic mass is 16.6. The van der Waals surface area contributed by atoms with Crippen molar-refractivity contribution in [3.63, 3.8) is 0 Å². The van der Waals surface area contributed by atoms with Gasteiger partial charge in [-0.25, -0.2) is 4.79 Å². The van der Waals surface area contributed by atoms with E-state index < -0.39 is 12.1 Å². The number of aliphatic hydroxyl groups is 1. The molecule has 1 saturated carbocycles. The van der Waals surface area contributed by atoms with Gasteiger partial charge in [-0.15, -0.1) is 0 Å². The molecule has 0 aromatic heterocycles. The lowest BCUT2D eigenvalue weighted by Crippen LogP contribution is -2.37. The standard InChI is InChI=1S/C13H24O3/c1-8(2)11-6-5-9(3)7-12(11)16-13(15)10(4)14/h8-12,14H,5-7H2,1-4H3/t9-,10+,11?,12-/m0/s1. The Morgan fingerprint density at radius 2 is 1.94 bits per heavy atom. The molecule has 1 unspecified atom stereocenters. The molecule has 1 aliphatic rings. The van der Waals surface area contributed by atoms with Crippen LogP contribution in [0.1, 0.15) is 47.0 Å². The molecule has 3 heteroatoms. The Bertz CT molecular complexity index is 235. The molecule has 0 radical (unpaired) electrons. The van der Waals surface area contributed by atoms with Crippen LogP contribution in [0.4, 0.5) is 0 Å². The summed E-state index contributed by atoms with van der Waals surface area (Å²) in [4.78, 5) is 11.4. The number of hydrogen-bond donors (Lipinski definition) is 1. The highest BCUT2D eigenvalue weighted by Crippen LogP contribution is 2.35. The number of esters is 1. The van der Waals surface area contributed by atoms with E-state index in [9.17, 15) is 4.79 Å². The first-order valence-corrected chi connectivity index (χ1v) is 6.30. The van der Waals surface area contributed by atoms with Crippen molar-refractivity contribution in [3.8, 4) is 0 Å². The van der Waals surface area contributed by atoms with Crippen molar-refractivity contribution in [2.24, 2.45) is 17.8 Å². The van der Waals surface area contributed by atoms with E-state index in [2.05, 4.69) is 20.8 Å². The van der Waals surface area contributed by atoms with Crippen molar-refractivity contribution >= 4 is 5.97 Å². The lowest BCUT2D eigenvalue weighted by Gasteiger charge is -2.36. The Balaban J connectivity index is 2.61. The number of aliphatic hydroxyl groups excluding tert-OH is 1. The molecule has 0 aromatic rings. The minimum Gasteiger partial charge on any atom is -0.460 e. The molecular formula is C13H24O3. The summed E-state index contributed by atoms with van der Waals surface area (Å²) in [6.45, 7) is 7.99. The van der Waals surface area contributed by atoms with Crippen molar-refractivity contribution in [1.82, 2.24) is 0 Å². The van der Waals surface area contributed by atoms with E-state index in [1.54, 1.807) is 0 Å². The van der Waals surface area contributed by atoms with Crippen LogP contribution in [0, 0.1) is 17.8 Å². The molecule has 1 aliphatic carbocycles. The Labute approximate surface area is 98.2 Å². The molecule has 16 heavy (non-hydrogen) atoms. The Kier molecular flexibility index (Phi) is 4.78. The molecule has 94 valence electrons. The zero-order chi connectivity index (χ0) is 12.3. The van der Waals surface area contributed by atoms with Gasteiger partial charge in [-0.2, -0.15) is 0 Å². The van der Waals surface area contributed by atoms with Crippen molar-refractivity contribution in [2.75, 3.05) is 0 Å². The second-order valence-corrected chi connectivity index (χ2v) is 5.48. The van der Waals surface area contributed by atoms with Crippen LogP contribution in [0.2, 0.25) is 0 Å². The third-order valence-corrected chi connectivity index (χ3v) is 3.57. The van der Waals surface area contributed by atoms with Gasteiger partial charge in [0.1, 0.15) is 12.2 Å². The number of hydrogen-bond acceptors (Lipinski definition) is 3. The van der Waals surface area contributed by atoms with E-state index in [-0.39, 0.29) is 6.10 Å². The third-order valence-electron chi connectivity index (χ3n) is 3.57. The van der Waals surface area contributed by atoms with E-state index in [0.717, 1.165) is 12.8 Å². The molecular weight excluding hydrogens is 204 g/mol. The topological polar surface area (TPSA) is 46.5 Å². The minimum atomic E-state index is -1.01. The fraction of sp³-hybridized carbons (Fsp3) is 0.923. The van der Waals surface area contributed by atoms with Gasteiger partial charge in [-0.1, -0.05) is 27.2 Å². The summed E-state index contributed by atoms with van der Waals surface area (Å²) in [5.41, 5.74) is 0. The van der Waals surface area contributed by atoms with Crippen molar-refractivity contribution in [2.45, 2.75) is 59.2 Å². The van der Waals surface area contributed by atoms with E-state index in [4.69, 9.17) is 9.84 Å². The first-order valence-electron chi connectivity index (χ1n) is 6.30. The molecule has 0 saturated heterocycles. The quantitative estimate of drug-likeness (QED) is 0.754. The van der Waals surface area contributed by atoms with Crippen LogP contribution in [0.25, 0.3) is 0 Å². The first-order chi connectivity index (χ1) is 7.41. The highest BCUT2D eigenvalue weighted by Gasteiger charge is 2.33. The maximum Gasteiger partial charge on any atom is 0.334 e. The maximum atomic E-state index is 11.4. The largest absolute Gasteiger partial charge is 0.460 e. The van der Waals surface area contributed by atoms with Crippen LogP contribution in [0.5, 0.6) is 0 Å². The predicted octanol–water partition coefficient (Wildman–Crippen LogP) is 2.37. The van der Waals surface area contributed by atoms with Gasteiger partial charge >= 0.3 is 5.97 Å². The molecule has 1 fully saturated rings. The fourth-order valence-electron chi connectivity index (χ4n) is 2.50. The smallest absolute Gasteiger partial charge is 0.334 e. The first kappa shape index (κ1) is 13.5. The Morgan fingerprint density at radius 3 is 2.44 bits per heavy atom. The summed E-state index contributed by atoms with van der Waals surface area (Å²) >= 11 is 0. The molecule has 0 spiro atoms. The van der Waals surface area contributed by atoms with E-state index in [0.29, 0.717) is 17.8 Å². The van der Waals surface area contributed by atoms with Gasteiger partial charge in [-0.05, 0) is 37.5 Å².